The quantitative estimate of drug-likeness (QED) is 0.200. The lowest BCUT2D eigenvalue weighted by molar-refractivity contribution is -0.274. The molecule has 0 amide bonds. The number of aliphatic hydroxyl groups excluding tert-OH is 1. The van der Waals surface area contributed by atoms with Gasteiger partial charge in [-0.05, 0) is 43.0 Å². The third-order valence-corrected chi connectivity index (χ3v) is 7.49. The predicted molar refractivity (Wildman–Crippen MR) is 149 cm³/mol. The van der Waals surface area contributed by atoms with Crippen LogP contribution in [0.1, 0.15) is 85.9 Å². The van der Waals surface area contributed by atoms with Gasteiger partial charge >= 0.3 is 11.9 Å². The van der Waals surface area contributed by atoms with Crippen LogP contribution >= 0.6 is 0 Å². The van der Waals surface area contributed by atoms with Crippen molar-refractivity contribution < 1.29 is 33.6 Å². The maximum atomic E-state index is 12.9. The molecule has 0 aromatic heterocycles. The SMILES string of the molecule is C[C@@H]1C(COC(=O)c2ccccc2)O[C@@H](OCCCCCCCCCCO)C(OC(=O)c2ccccc2)[C@H]1C. The highest BCUT2D eigenvalue weighted by Gasteiger charge is 2.45. The zero-order valence-electron chi connectivity index (χ0n) is 23.3. The van der Waals surface area contributed by atoms with E-state index in [1.54, 1.807) is 48.5 Å². The van der Waals surface area contributed by atoms with Crippen LogP contribution in [0.3, 0.4) is 0 Å². The number of carbonyl (C=O) groups excluding carboxylic acids is 2. The first-order chi connectivity index (χ1) is 19.0. The molecule has 2 unspecified atom stereocenters. The van der Waals surface area contributed by atoms with Crippen molar-refractivity contribution in [3.05, 3.63) is 71.8 Å². The maximum Gasteiger partial charge on any atom is 0.338 e. The lowest BCUT2D eigenvalue weighted by Gasteiger charge is -2.43. The predicted octanol–water partition coefficient (Wildman–Crippen LogP) is 6.20. The Labute approximate surface area is 232 Å². The molecule has 39 heavy (non-hydrogen) atoms. The highest BCUT2D eigenvalue weighted by atomic mass is 16.7. The van der Waals surface area contributed by atoms with E-state index in [1.807, 2.05) is 26.0 Å². The normalized spacial score (nSPS) is 22.8. The van der Waals surface area contributed by atoms with Crippen LogP contribution in [0.4, 0.5) is 0 Å². The zero-order chi connectivity index (χ0) is 27.9. The number of aliphatic hydroxyl groups is 1. The van der Waals surface area contributed by atoms with Crippen molar-refractivity contribution in [2.24, 2.45) is 11.8 Å². The Morgan fingerprint density at radius 2 is 1.28 bits per heavy atom. The molecule has 5 atom stereocenters. The molecular weight excluding hydrogens is 496 g/mol. The number of unbranched alkanes of at least 4 members (excludes halogenated alkanes) is 7. The molecule has 1 N–H and O–H groups in total. The standard InChI is InChI=1S/C32H44O7/c1-24-25(2)29(39-31(35)27-19-13-10-14-20-27)32(36-22-16-8-6-4-3-5-7-15-21-33)38-28(24)23-37-30(34)26-17-11-9-12-18-26/h9-14,17-20,24-25,28-29,32-33H,3-8,15-16,21-23H2,1-2H3/t24-,25-,28?,29?,32+/m0/s1. The van der Waals surface area contributed by atoms with Gasteiger partial charge in [0.15, 0.2) is 12.4 Å². The third-order valence-electron chi connectivity index (χ3n) is 7.49. The fraction of sp³-hybridized carbons (Fsp3) is 0.562. The number of hydrogen-bond acceptors (Lipinski definition) is 7. The van der Waals surface area contributed by atoms with Crippen molar-refractivity contribution in [3.8, 4) is 0 Å². The molecular formula is C32H44O7. The average molecular weight is 541 g/mol. The van der Waals surface area contributed by atoms with Gasteiger partial charge in [-0.2, -0.15) is 0 Å². The summed E-state index contributed by atoms with van der Waals surface area (Å²) in [6.45, 7) is 4.90. The van der Waals surface area contributed by atoms with Gasteiger partial charge in [0.2, 0.25) is 0 Å². The monoisotopic (exact) mass is 540 g/mol. The molecule has 7 nitrogen and oxygen atoms in total. The van der Waals surface area contributed by atoms with Crippen LogP contribution < -0.4 is 0 Å². The molecule has 0 spiro atoms. The minimum absolute atomic E-state index is 0.0344. The van der Waals surface area contributed by atoms with Gasteiger partial charge in [0.05, 0.1) is 17.2 Å². The summed E-state index contributed by atoms with van der Waals surface area (Å²) >= 11 is 0. The fourth-order valence-electron chi connectivity index (χ4n) is 4.80. The molecule has 2 aromatic carbocycles. The Balaban J connectivity index is 1.55. The van der Waals surface area contributed by atoms with Gasteiger partial charge in [0.1, 0.15) is 6.61 Å². The summed E-state index contributed by atoms with van der Waals surface area (Å²) in [5.74, 6) is -0.916. The van der Waals surface area contributed by atoms with Gasteiger partial charge in [-0.3, -0.25) is 0 Å². The van der Waals surface area contributed by atoms with E-state index >= 15 is 0 Å². The van der Waals surface area contributed by atoms with Crippen molar-refractivity contribution in [2.75, 3.05) is 19.8 Å². The molecule has 1 heterocycles. The Bertz CT molecular complexity index is 963. The largest absolute Gasteiger partial charge is 0.459 e. The highest BCUT2D eigenvalue weighted by molar-refractivity contribution is 5.89. The van der Waals surface area contributed by atoms with Gasteiger partial charge in [-0.15, -0.1) is 0 Å². The third kappa shape index (κ3) is 10.1. The van der Waals surface area contributed by atoms with Crippen molar-refractivity contribution >= 4 is 11.9 Å². The summed E-state index contributed by atoms with van der Waals surface area (Å²) in [6, 6.07) is 17.8. The summed E-state index contributed by atoms with van der Waals surface area (Å²) in [6.07, 6.45) is 6.83. The van der Waals surface area contributed by atoms with E-state index in [2.05, 4.69) is 0 Å². The molecule has 1 aliphatic rings. The molecule has 1 saturated heterocycles. The molecule has 7 heteroatoms. The Morgan fingerprint density at radius 1 is 0.744 bits per heavy atom. The van der Waals surface area contributed by atoms with Gasteiger partial charge in [-0.1, -0.05) is 88.8 Å². The average Bonchev–Trinajstić information content (AvgIpc) is 2.97. The lowest BCUT2D eigenvalue weighted by Crippen LogP contribution is -2.53. The summed E-state index contributed by atoms with van der Waals surface area (Å²) in [7, 11) is 0. The van der Waals surface area contributed by atoms with Gasteiger partial charge in [0, 0.05) is 19.1 Å². The van der Waals surface area contributed by atoms with Gasteiger partial charge < -0.3 is 24.1 Å². The molecule has 1 aliphatic heterocycles. The molecule has 0 radical (unpaired) electrons. The summed E-state index contributed by atoms with van der Waals surface area (Å²) in [5.41, 5.74) is 0.971. The van der Waals surface area contributed by atoms with E-state index in [1.165, 1.54) is 12.8 Å². The minimum Gasteiger partial charge on any atom is -0.459 e. The van der Waals surface area contributed by atoms with Crippen LogP contribution in [0.5, 0.6) is 0 Å². The Morgan fingerprint density at radius 3 is 1.87 bits per heavy atom. The number of benzene rings is 2. The highest BCUT2D eigenvalue weighted by Crippen LogP contribution is 2.34. The molecule has 214 valence electrons. The van der Waals surface area contributed by atoms with E-state index in [4.69, 9.17) is 24.1 Å². The van der Waals surface area contributed by atoms with Gasteiger partial charge in [-0.25, -0.2) is 9.59 Å². The number of esters is 2. The van der Waals surface area contributed by atoms with Crippen LogP contribution in [0.15, 0.2) is 60.7 Å². The van der Waals surface area contributed by atoms with Gasteiger partial charge in [0.25, 0.3) is 0 Å². The number of carbonyl (C=O) groups is 2. The molecule has 2 aromatic rings. The lowest BCUT2D eigenvalue weighted by atomic mass is 9.83. The van der Waals surface area contributed by atoms with Crippen molar-refractivity contribution in [1.29, 1.82) is 0 Å². The van der Waals surface area contributed by atoms with E-state index in [0.29, 0.717) is 17.7 Å². The maximum absolute atomic E-state index is 12.9. The van der Waals surface area contributed by atoms with E-state index in [-0.39, 0.29) is 31.2 Å². The Hall–Kier alpha value is -2.74. The minimum atomic E-state index is -0.747. The molecule has 1 fully saturated rings. The van der Waals surface area contributed by atoms with E-state index < -0.39 is 24.3 Å². The molecule has 0 aliphatic carbocycles. The second kappa shape index (κ2) is 17.1. The molecule has 3 rings (SSSR count). The number of ether oxygens (including phenoxy) is 4. The first kappa shape index (κ1) is 30.8. The van der Waals surface area contributed by atoms with E-state index in [9.17, 15) is 9.59 Å². The Kier molecular flexibility index (Phi) is 13.5. The molecule has 0 bridgehead atoms. The van der Waals surface area contributed by atoms with Crippen LogP contribution in [-0.4, -0.2) is 55.4 Å². The summed E-state index contributed by atoms with van der Waals surface area (Å²) in [5, 5.41) is 8.87. The van der Waals surface area contributed by atoms with Crippen LogP contribution in [0.2, 0.25) is 0 Å². The fourth-order valence-corrected chi connectivity index (χ4v) is 4.80. The summed E-state index contributed by atoms with van der Waals surface area (Å²) < 4.78 is 24.0. The van der Waals surface area contributed by atoms with Crippen molar-refractivity contribution in [3.63, 3.8) is 0 Å². The number of hydrogen-bond donors (Lipinski definition) is 1. The number of rotatable bonds is 16. The van der Waals surface area contributed by atoms with Crippen molar-refractivity contribution in [2.45, 2.75) is 83.7 Å². The first-order valence-corrected chi connectivity index (χ1v) is 14.4. The second-order valence-electron chi connectivity index (χ2n) is 10.4. The zero-order valence-corrected chi connectivity index (χ0v) is 23.3. The van der Waals surface area contributed by atoms with Crippen LogP contribution in [0, 0.1) is 11.8 Å². The topological polar surface area (TPSA) is 91.3 Å². The van der Waals surface area contributed by atoms with Crippen LogP contribution in [0.25, 0.3) is 0 Å². The smallest absolute Gasteiger partial charge is 0.338 e. The van der Waals surface area contributed by atoms with Crippen LogP contribution in [-0.2, 0) is 18.9 Å². The van der Waals surface area contributed by atoms with E-state index in [0.717, 1.165) is 38.5 Å². The van der Waals surface area contributed by atoms with Crippen molar-refractivity contribution in [1.82, 2.24) is 0 Å². The first-order valence-electron chi connectivity index (χ1n) is 14.4. The molecule has 0 saturated carbocycles. The second-order valence-corrected chi connectivity index (χ2v) is 10.4. The summed E-state index contributed by atoms with van der Waals surface area (Å²) in [4.78, 5) is 25.4.